The summed E-state index contributed by atoms with van der Waals surface area (Å²) in [7, 11) is 0. The molecule has 0 aliphatic heterocycles. The molecule has 0 bridgehead atoms. The van der Waals surface area contributed by atoms with Crippen LogP contribution >= 0.6 is 11.6 Å². The van der Waals surface area contributed by atoms with Crippen LogP contribution in [-0.2, 0) is 11.2 Å². The fraction of sp³-hybridized carbons (Fsp3) is 0.0476. The van der Waals surface area contributed by atoms with E-state index in [9.17, 15) is 9.59 Å². The van der Waals surface area contributed by atoms with Gasteiger partial charge >= 0.3 is 6.03 Å². The molecular weight excluding hydrogens is 362 g/mol. The Bertz CT molecular complexity index is 945. The Labute approximate surface area is 162 Å². The second kappa shape index (κ2) is 8.87. The second-order valence-corrected chi connectivity index (χ2v) is 6.32. The minimum Gasteiger partial charge on any atom is -0.326 e. The van der Waals surface area contributed by atoms with Crippen molar-refractivity contribution in [2.24, 2.45) is 0 Å². The number of carbonyl (C=O) groups is 2. The van der Waals surface area contributed by atoms with Crippen molar-refractivity contribution in [3.8, 4) is 0 Å². The van der Waals surface area contributed by atoms with Crippen LogP contribution in [0.2, 0.25) is 5.02 Å². The van der Waals surface area contributed by atoms with Crippen LogP contribution in [0, 0.1) is 0 Å². The highest BCUT2D eigenvalue weighted by Crippen LogP contribution is 2.18. The maximum atomic E-state index is 12.2. The van der Waals surface area contributed by atoms with E-state index in [1.54, 1.807) is 48.5 Å². The Hall–Kier alpha value is -3.31. The number of urea groups is 1. The fourth-order valence-electron chi connectivity index (χ4n) is 2.52. The van der Waals surface area contributed by atoms with Crippen molar-refractivity contribution in [2.75, 3.05) is 16.0 Å². The van der Waals surface area contributed by atoms with E-state index in [2.05, 4.69) is 16.0 Å². The standard InChI is InChI=1S/C21H18ClN3O2/c22-16-8-4-9-17(13-16)24-21(27)25-19-11-5-10-18(14-19)23-20(26)12-15-6-2-1-3-7-15/h1-11,13-14H,12H2,(H,23,26)(H2,24,25,27). The maximum Gasteiger partial charge on any atom is 0.323 e. The Morgan fingerprint density at radius 2 is 1.30 bits per heavy atom. The summed E-state index contributed by atoms with van der Waals surface area (Å²) < 4.78 is 0. The lowest BCUT2D eigenvalue weighted by Gasteiger charge is -2.10. The zero-order chi connectivity index (χ0) is 19.1. The number of hydrogen-bond acceptors (Lipinski definition) is 2. The molecule has 3 amide bonds. The molecule has 0 fully saturated rings. The predicted octanol–water partition coefficient (Wildman–Crippen LogP) is 5.17. The summed E-state index contributed by atoms with van der Waals surface area (Å²) in [5.74, 6) is -0.123. The minimum absolute atomic E-state index is 0.123. The van der Waals surface area contributed by atoms with Crippen LogP contribution in [0.5, 0.6) is 0 Å². The van der Waals surface area contributed by atoms with Gasteiger partial charge in [-0.25, -0.2) is 4.79 Å². The molecule has 0 saturated heterocycles. The molecule has 0 aromatic heterocycles. The number of nitrogens with one attached hydrogen (secondary N) is 3. The first-order valence-electron chi connectivity index (χ1n) is 8.36. The minimum atomic E-state index is -0.398. The van der Waals surface area contributed by atoms with Crippen molar-refractivity contribution in [3.63, 3.8) is 0 Å². The molecule has 0 unspecified atom stereocenters. The molecule has 136 valence electrons. The smallest absolute Gasteiger partial charge is 0.323 e. The van der Waals surface area contributed by atoms with Gasteiger partial charge in [-0.15, -0.1) is 0 Å². The number of benzene rings is 3. The van der Waals surface area contributed by atoms with Crippen molar-refractivity contribution >= 4 is 40.6 Å². The Kier molecular flexibility index (Phi) is 6.07. The first-order valence-corrected chi connectivity index (χ1v) is 8.74. The fourth-order valence-corrected chi connectivity index (χ4v) is 2.71. The summed E-state index contributed by atoms with van der Waals surface area (Å²) in [5, 5.41) is 8.80. The summed E-state index contributed by atoms with van der Waals surface area (Å²) in [5.41, 5.74) is 2.70. The van der Waals surface area contributed by atoms with Crippen LogP contribution in [0.3, 0.4) is 0 Å². The SMILES string of the molecule is O=C(Cc1ccccc1)Nc1cccc(NC(=O)Nc2cccc(Cl)c2)c1. The summed E-state index contributed by atoms with van der Waals surface area (Å²) >= 11 is 5.90. The van der Waals surface area contributed by atoms with E-state index in [0.29, 0.717) is 22.1 Å². The second-order valence-electron chi connectivity index (χ2n) is 5.88. The molecule has 27 heavy (non-hydrogen) atoms. The molecule has 5 nitrogen and oxygen atoms in total. The summed E-state index contributed by atoms with van der Waals surface area (Å²) in [6, 6.07) is 22.9. The van der Waals surface area contributed by atoms with E-state index in [1.165, 1.54) is 0 Å². The molecule has 0 radical (unpaired) electrons. The largest absolute Gasteiger partial charge is 0.326 e. The lowest BCUT2D eigenvalue weighted by Crippen LogP contribution is -2.19. The quantitative estimate of drug-likeness (QED) is 0.572. The van der Waals surface area contributed by atoms with Gasteiger partial charge in [-0.2, -0.15) is 0 Å². The van der Waals surface area contributed by atoms with Gasteiger partial charge in [-0.05, 0) is 42.0 Å². The van der Waals surface area contributed by atoms with Gasteiger partial charge in [0.15, 0.2) is 0 Å². The van der Waals surface area contributed by atoms with E-state index in [0.717, 1.165) is 5.56 Å². The molecule has 0 aliphatic rings. The van der Waals surface area contributed by atoms with E-state index in [1.807, 2.05) is 30.3 Å². The number of rotatable bonds is 5. The topological polar surface area (TPSA) is 70.2 Å². The molecule has 0 spiro atoms. The lowest BCUT2D eigenvalue weighted by molar-refractivity contribution is -0.115. The zero-order valence-electron chi connectivity index (χ0n) is 14.4. The summed E-state index contributed by atoms with van der Waals surface area (Å²) in [4.78, 5) is 24.3. The first kappa shape index (κ1) is 18.5. The number of halogens is 1. The Morgan fingerprint density at radius 1 is 0.704 bits per heavy atom. The molecule has 3 N–H and O–H groups in total. The van der Waals surface area contributed by atoms with Crippen LogP contribution in [0.25, 0.3) is 0 Å². The van der Waals surface area contributed by atoms with Crippen molar-refractivity contribution in [1.29, 1.82) is 0 Å². The molecule has 3 aromatic carbocycles. The average Bonchev–Trinajstić information content (AvgIpc) is 2.62. The maximum absolute atomic E-state index is 12.2. The normalized spacial score (nSPS) is 10.1. The van der Waals surface area contributed by atoms with Gasteiger partial charge in [0, 0.05) is 22.1 Å². The van der Waals surface area contributed by atoms with E-state index < -0.39 is 6.03 Å². The van der Waals surface area contributed by atoms with E-state index >= 15 is 0 Å². The third-order valence-electron chi connectivity index (χ3n) is 3.69. The van der Waals surface area contributed by atoms with Crippen LogP contribution in [0.1, 0.15) is 5.56 Å². The highest BCUT2D eigenvalue weighted by atomic mass is 35.5. The number of carbonyl (C=O) groups excluding carboxylic acids is 2. The van der Waals surface area contributed by atoms with Crippen molar-refractivity contribution in [2.45, 2.75) is 6.42 Å². The van der Waals surface area contributed by atoms with Crippen LogP contribution in [0.4, 0.5) is 21.9 Å². The van der Waals surface area contributed by atoms with Crippen molar-refractivity contribution in [1.82, 2.24) is 0 Å². The summed E-state index contributed by atoms with van der Waals surface area (Å²) in [6.45, 7) is 0. The molecule has 0 atom stereocenters. The molecular formula is C21H18ClN3O2. The molecule has 0 aliphatic carbocycles. The Balaban J connectivity index is 1.58. The number of anilines is 3. The first-order chi connectivity index (χ1) is 13.1. The molecule has 3 rings (SSSR count). The zero-order valence-corrected chi connectivity index (χ0v) is 15.2. The van der Waals surface area contributed by atoms with E-state index in [4.69, 9.17) is 11.6 Å². The number of amides is 3. The third-order valence-corrected chi connectivity index (χ3v) is 3.93. The van der Waals surface area contributed by atoms with Gasteiger partial charge in [0.25, 0.3) is 0 Å². The monoisotopic (exact) mass is 379 g/mol. The van der Waals surface area contributed by atoms with Crippen LogP contribution in [0.15, 0.2) is 78.9 Å². The lowest BCUT2D eigenvalue weighted by atomic mass is 10.1. The van der Waals surface area contributed by atoms with Crippen molar-refractivity contribution in [3.05, 3.63) is 89.4 Å². The highest BCUT2D eigenvalue weighted by Gasteiger charge is 2.07. The average molecular weight is 380 g/mol. The van der Waals surface area contributed by atoms with Crippen molar-refractivity contribution < 1.29 is 9.59 Å². The third kappa shape index (κ3) is 5.87. The van der Waals surface area contributed by atoms with Gasteiger partial charge < -0.3 is 16.0 Å². The molecule has 6 heteroatoms. The van der Waals surface area contributed by atoms with Gasteiger partial charge in [0.1, 0.15) is 0 Å². The van der Waals surface area contributed by atoms with Gasteiger partial charge in [-0.3, -0.25) is 4.79 Å². The van der Waals surface area contributed by atoms with Gasteiger partial charge in [-0.1, -0.05) is 54.1 Å². The van der Waals surface area contributed by atoms with Crippen LogP contribution < -0.4 is 16.0 Å². The van der Waals surface area contributed by atoms with Gasteiger partial charge in [0.05, 0.1) is 6.42 Å². The predicted molar refractivity (Wildman–Crippen MR) is 109 cm³/mol. The highest BCUT2D eigenvalue weighted by molar-refractivity contribution is 6.30. The molecule has 0 heterocycles. The molecule has 3 aromatic rings. The van der Waals surface area contributed by atoms with E-state index in [-0.39, 0.29) is 12.3 Å². The molecule has 0 saturated carbocycles. The van der Waals surface area contributed by atoms with Gasteiger partial charge in [0.2, 0.25) is 5.91 Å². The number of hydrogen-bond donors (Lipinski definition) is 3. The Morgan fingerprint density at radius 3 is 1.96 bits per heavy atom. The summed E-state index contributed by atoms with van der Waals surface area (Å²) in [6.07, 6.45) is 0.285. The van der Waals surface area contributed by atoms with Crippen LogP contribution in [-0.4, -0.2) is 11.9 Å².